The molecule has 33 heavy (non-hydrogen) atoms. The van der Waals surface area contributed by atoms with Crippen LogP contribution in [-0.2, 0) is 14.3 Å². The molecule has 3 N–H and O–H groups in total. The first kappa shape index (κ1) is 25.6. The van der Waals surface area contributed by atoms with Crippen molar-refractivity contribution in [3.8, 4) is 0 Å². The predicted octanol–water partition coefficient (Wildman–Crippen LogP) is 3.04. The fourth-order valence-corrected chi connectivity index (χ4v) is 4.53. The van der Waals surface area contributed by atoms with Gasteiger partial charge in [-0.3, -0.25) is 4.79 Å². The number of amides is 1. The van der Waals surface area contributed by atoms with Gasteiger partial charge in [-0.05, 0) is 30.2 Å². The Labute approximate surface area is 195 Å². The number of ether oxygens (including phenoxy) is 2. The smallest absolute Gasteiger partial charge is 0.228 e. The number of aryl methyl sites for hydroxylation is 1. The Kier molecular flexibility index (Phi) is 7.78. The van der Waals surface area contributed by atoms with Gasteiger partial charge in [0.25, 0.3) is 0 Å². The molecule has 1 fully saturated rings. The minimum Gasteiger partial charge on any atom is -0.387 e. The van der Waals surface area contributed by atoms with Crippen LogP contribution in [0.25, 0.3) is 11.0 Å². The van der Waals surface area contributed by atoms with Crippen molar-refractivity contribution < 1.29 is 24.5 Å². The summed E-state index contributed by atoms with van der Waals surface area (Å²) in [5.41, 5.74) is 1.36. The molecule has 0 saturated carbocycles. The zero-order valence-corrected chi connectivity index (χ0v) is 20.7. The summed E-state index contributed by atoms with van der Waals surface area (Å²) >= 11 is 0. The first-order valence-electron chi connectivity index (χ1n) is 11.6. The Morgan fingerprint density at radius 1 is 1.30 bits per heavy atom. The van der Waals surface area contributed by atoms with Crippen LogP contribution in [-0.4, -0.2) is 62.7 Å². The van der Waals surface area contributed by atoms with E-state index in [9.17, 15) is 15.0 Å². The van der Waals surface area contributed by atoms with Gasteiger partial charge < -0.3 is 29.6 Å². The highest BCUT2D eigenvalue weighted by Crippen LogP contribution is 2.36. The number of nitrogens with zero attached hydrogens (tertiary/aromatic N) is 3. The molecule has 1 saturated heterocycles. The highest BCUT2D eigenvalue weighted by atomic mass is 16.6. The third-order valence-corrected chi connectivity index (χ3v) is 6.48. The van der Waals surface area contributed by atoms with Crippen molar-refractivity contribution in [1.82, 2.24) is 14.5 Å². The van der Waals surface area contributed by atoms with Gasteiger partial charge in [0, 0.05) is 19.2 Å². The molecule has 1 aliphatic heterocycles. The molecule has 2 aromatic heterocycles. The van der Waals surface area contributed by atoms with E-state index in [0.29, 0.717) is 16.9 Å². The van der Waals surface area contributed by atoms with Gasteiger partial charge in [0.2, 0.25) is 5.91 Å². The largest absolute Gasteiger partial charge is 0.387 e. The minimum absolute atomic E-state index is 0.0151. The third kappa shape index (κ3) is 5.37. The lowest BCUT2D eigenvalue weighted by molar-refractivity contribution is -0.122. The van der Waals surface area contributed by atoms with Crippen LogP contribution in [0.3, 0.4) is 0 Å². The molecule has 3 unspecified atom stereocenters. The van der Waals surface area contributed by atoms with Gasteiger partial charge in [-0.25, -0.2) is 9.97 Å². The first-order valence-corrected chi connectivity index (χ1v) is 11.6. The average Bonchev–Trinajstić information content (AvgIpc) is 3.23. The molecule has 1 aliphatic rings. The monoisotopic (exact) mass is 462 g/mol. The summed E-state index contributed by atoms with van der Waals surface area (Å²) in [6.45, 7) is 12.7. The molecule has 3 heterocycles. The Balaban J connectivity index is 1.93. The van der Waals surface area contributed by atoms with E-state index in [1.165, 1.54) is 13.4 Å². The van der Waals surface area contributed by atoms with Gasteiger partial charge >= 0.3 is 0 Å². The number of hydrogen-bond acceptors (Lipinski definition) is 7. The lowest BCUT2D eigenvalue weighted by Crippen LogP contribution is -2.33. The van der Waals surface area contributed by atoms with Crippen LogP contribution in [0, 0.1) is 24.2 Å². The highest BCUT2D eigenvalue weighted by molar-refractivity contribution is 6.01. The number of carbonyl (C=O) groups excluding carboxylic acids is 1. The second kappa shape index (κ2) is 10.0. The SMILES string of the molecule is CCC(C)C(CC(C)(C)C)C(=O)Nc1ncnc2c1c(C)cn2[C@@H]1O[C@H](COC)C(O)[C@@H]1O. The van der Waals surface area contributed by atoms with Crippen molar-refractivity contribution in [1.29, 1.82) is 0 Å². The molecular formula is C24H38N4O5. The molecule has 6 atom stereocenters. The Morgan fingerprint density at radius 3 is 2.61 bits per heavy atom. The zero-order chi connectivity index (χ0) is 24.5. The van der Waals surface area contributed by atoms with E-state index < -0.39 is 24.5 Å². The average molecular weight is 463 g/mol. The molecule has 1 amide bonds. The van der Waals surface area contributed by atoms with Crippen LogP contribution in [0.2, 0.25) is 0 Å². The maximum Gasteiger partial charge on any atom is 0.228 e. The minimum atomic E-state index is -1.14. The molecule has 9 heteroatoms. The number of aliphatic hydroxyl groups is 2. The van der Waals surface area contributed by atoms with Crippen molar-refractivity contribution in [2.24, 2.45) is 17.3 Å². The second-order valence-electron chi connectivity index (χ2n) is 10.4. The summed E-state index contributed by atoms with van der Waals surface area (Å²) in [5.74, 6) is 0.463. The van der Waals surface area contributed by atoms with Gasteiger partial charge in [0.05, 0.1) is 12.0 Å². The van der Waals surface area contributed by atoms with E-state index in [-0.39, 0.29) is 29.8 Å². The number of anilines is 1. The number of hydrogen-bond donors (Lipinski definition) is 3. The summed E-state index contributed by atoms with van der Waals surface area (Å²) in [5, 5.41) is 24.7. The topological polar surface area (TPSA) is 119 Å². The van der Waals surface area contributed by atoms with Crippen LogP contribution in [0.4, 0.5) is 5.82 Å². The van der Waals surface area contributed by atoms with Crippen LogP contribution < -0.4 is 5.32 Å². The van der Waals surface area contributed by atoms with E-state index >= 15 is 0 Å². The lowest BCUT2D eigenvalue weighted by Gasteiger charge is -2.29. The molecule has 3 rings (SSSR count). The lowest BCUT2D eigenvalue weighted by atomic mass is 9.78. The third-order valence-electron chi connectivity index (χ3n) is 6.48. The van der Waals surface area contributed by atoms with Crippen molar-refractivity contribution in [3.05, 3.63) is 18.1 Å². The predicted molar refractivity (Wildman–Crippen MR) is 126 cm³/mol. The summed E-state index contributed by atoms with van der Waals surface area (Å²) < 4.78 is 12.7. The van der Waals surface area contributed by atoms with Gasteiger partial charge in [0.1, 0.15) is 36.1 Å². The number of aliphatic hydroxyl groups excluding tert-OH is 2. The second-order valence-corrected chi connectivity index (χ2v) is 10.4. The van der Waals surface area contributed by atoms with E-state index in [1.807, 2.05) is 6.92 Å². The van der Waals surface area contributed by atoms with Crippen molar-refractivity contribution in [3.63, 3.8) is 0 Å². The Morgan fingerprint density at radius 2 is 2.00 bits per heavy atom. The maximum absolute atomic E-state index is 13.3. The summed E-state index contributed by atoms with van der Waals surface area (Å²) in [4.78, 5) is 22.1. The van der Waals surface area contributed by atoms with Crippen molar-refractivity contribution in [2.45, 2.75) is 78.9 Å². The van der Waals surface area contributed by atoms with Gasteiger partial charge in [-0.15, -0.1) is 0 Å². The quantitative estimate of drug-likeness (QED) is 0.552. The number of rotatable bonds is 8. The van der Waals surface area contributed by atoms with Crippen LogP contribution in [0.5, 0.6) is 0 Å². The van der Waals surface area contributed by atoms with Crippen molar-refractivity contribution in [2.75, 3.05) is 19.0 Å². The highest BCUT2D eigenvalue weighted by Gasteiger charge is 2.44. The number of nitrogens with one attached hydrogen (secondary N) is 1. The normalized spacial score (nSPS) is 25.4. The number of aromatic nitrogens is 3. The fourth-order valence-electron chi connectivity index (χ4n) is 4.53. The number of carbonyl (C=O) groups is 1. The van der Waals surface area contributed by atoms with Crippen LogP contribution in [0.15, 0.2) is 12.5 Å². The number of methoxy groups -OCH3 is 1. The van der Waals surface area contributed by atoms with Crippen molar-refractivity contribution >= 4 is 22.8 Å². The van der Waals surface area contributed by atoms with Gasteiger partial charge in [-0.2, -0.15) is 0 Å². The first-order chi connectivity index (χ1) is 15.5. The Hall–Kier alpha value is -2.07. The zero-order valence-electron chi connectivity index (χ0n) is 20.7. The van der Waals surface area contributed by atoms with E-state index in [2.05, 4.69) is 49.9 Å². The van der Waals surface area contributed by atoms with Crippen LogP contribution in [0.1, 0.15) is 59.3 Å². The summed E-state index contributed by atoms with van der Waals surface area (Å²) in [7, 11) is 1.51. The molecule has 0 radical (unpaired) electrons. The van der Waals surface area contributed by atoms with Crippen LogP contribution >= 0.6 is 0 Å². The standard InChI is InChI=1S/C24H38N4O5/c1-8-13(2)15(9-24(4,5)6)22(31)27-20-17-14(3)10-28(21(17)26-12-25-20)23-19(30)18(29)16(33-23)11-32-7/h10,12-13,15-16,18-19,23,29-30H,8-9,11H2,1-7H3,(H,25,26,27,31)/t13?,15?,16-,18?,19+,23-/m1/s1. The molecule has 9 nitrogen and oxygen atoms in total. The molecule has 0 aliphatic carbocycles. The summed E-state index contributed by atoms with van der Waals surface area (Å²) in [6, 6.07) is 0. The summed E-state index contributed by atoms with van der Waals surface area (Å²) in [6.07, 6.45) is 1.16. The molecule has 184 valence electrons. The van der Waals surface area contributed by atoms with E-state index in [1.54, 1.807) is 10.8 Å². The molecular weight excluding hydrogens is 424 g/mol. The molecule has 0 bridgehead atoms. The Bertz CT molecular complexity index is 970. The maximum atomic E-state index is 13.3. The van der Waals surface area contributed by atoms with Gasteiger partial charge in [0.15, 0.2) is 6.23 Å². The number of fused-ring (bicyclic) bond motifs is 1. The molecule has 2 aromatic rings. The fraction of sp³-hybridized carbons (Fsp3) is 0.708. The van der Waals surface area contributed by atoms with Gasteiger partial charge in [-0.1, -0.05) is 41.0 Å². The molecule has 0 spiro atoms. The molecule has 0 aromatic carbocycles. The van der Waals surface area contributed by atoms with E-state index in [4.69, 9.17) is 9.47 Å². The van der Waals surface area contributed by atoms with E-state index in [0.717, 1.165) is 18.4 Å².